The summed E-state index contributed by atoms with van der Waals surface area (Å²) >= 11 is 0. The molecule has 0 amide bonds. The number of H-pyrrole nitrogens is 1. The van der Waals surface area contributed by atoms with Crippen molar-refractivity contribution in [3.05, 3.63) is 121 Å². The second-order valence-electron chi connectivity index (χ2n) is 6.62. The van der Waals surface area contributed by atoms with E-state index in [9.17, 15) is 8.78 Å². The van der Waals surface area contributed by atoms with Crippen LogP contribution in [-0.2, 0) is 20.1 Å². The predicted molar refractivity (Wildman–Crippen MR) is 121 cm³/mol. The van der Waals surface area contributed by atoms with Crippen molar-refractivity contribution in [1.29, 1.82) is 0 Å². The Morgan fingerprint density at radius 1 is 0.912 bits per heavy atom. The molecule has 3 heterocycles. The molecule has 1 N–H and O–H groups in total. The third-order valence-corrected chi connectivity index (χ3v) is 4.43. The molecule has 34 heavy (non-hydrogen) atoms. The van der Waals surface area contributed by atoms with Gasteiger partial charge in [-0.3, -0.25) is 18.9 Å². The van der Waals surface area contributed by atoms with Crippen LogP contribution < -0.4 is 5.10 Å². The summed E-state index contributed by atoms with van der Waals surface area (Å²) in [6.07, 6.45) is 6.74. The van der Waals surface area contributed by atoms with Crippen LogP contribution in [0.5, 0.6) is 0 Å². The van der Waals surface area contributed by atoms with E-state index in [1.165, 1.54) is 0 Å². The number of aromatic nitrogens is 6. The number of nitrogens with one attached hydrogen (secondary N) is 1. The van der Waals surface area contributed by atoms with Crippen molar-refractivity contribution in [3.8, 4) is 17.1 Å². The summed E-state index contributed by atoms with van der Waals surface area (Å²) in [5.74, 6) is -0.944. The number of rotatable bonds is 2. The Hall–Kier alpha value is -3.94. The molecule has 0 aliphatic heterocycles. The van der Waals surface area contributed by atoms with Crippen LogP contribution >= 0.6 is 0 Å². The van der Waals surface area contributed by atoms with Crippen molar-refractivity contribution in [3.63, 3.8) is 0 Å². The molecule has 0 aliphatic rings. The van der Waals surface area contributed by atoms with Crippen LogP contribution in [0.1, 0.15) is 0 Å². The standard InChI is InChI=1S/C19H11F2N2.C3H4N2.C3H3N2.Ir/c20-13-10-11-15(16(21)12-13)19-22-17-8-4-5-9-18(17)23(19)14-6-2-1-3-7-14;2*1-2-4-5-3-1;/h1-10,12H;1-3H,(H,4,5);1-3H;/q-1;;-1;. The van der Waals surface area contributed by atoms with Gasteiger partial charge in [0.1, 0.15) is 0 Å². The number of nitrogens with zero attached hydrogens (tertiary/aromatic N) is 5. The van der Waals surface area contributed by atoms with E-state index in [2.05, 4.69) is 31.4 Å². The Morgan fingerprint density at radius 3 is 2.29 bits per heavy atom. The van der Waals surface area contributed by atoms with Crippen molar-refractivity contribution in [2.45, 2.75) is 0 Å². The van der Waals surface area contributed by atoms with Crippen LogP contribution in [0.2, 0.25) is 0 Å². The number of benzene rings is 3. The van der Waals surface area contributed by atoms with Gasteiger partial charge in [0.15, 0.2) is 0 Å². The first-order chi connectivity index (χ1) is 16.2. The Morgan fingerprint density at radius 2 is 1.71 bits per heavy atom. The second-order valence-corrected chi connectivity index (χ2v) is 6.62. The van der Waals surface area contributed by atoms with E-state index in [1.807, 2.05) is 65.2 Å². The molecule has 6 aromatic rings. The molecule has 0 saturated carbocycles. The average molecular weight is 633 g/mol. The molecule has 0 aliphatic carbocycles. The van der Waals surface area contributed by atoms with Gasteiger partial charge in [0, 0.05) is 56.0 Å². The first-order valence-electron chi connectivity index (χ1n) is 9.96. The first-order valence-corrected chi connectivity index (χ1v) is 9.96. The molecule has 0 fully saturated rings. The quantitative estimate of drug-likeness (QED) is 0.266. The van der Waals surface area contributed by atoms with E-state index in [4.69, 9.17) is 0 Å². The van der Waals surface area contributed by atoms with Crippen LogP contribution in [0.25, 0.3) is 28.1 Å². The summed E-state index contributed by atoms with van der Waals surface area (Å²) in [6, 6.07) is 25.3. The van der Waals surface area contributed by atoms with E-state index in [0.717, 1.165) is 28.9 Å². The molecule has 0 saturated heterocycles. The Kier molecular flexibility index (Phi) is 8.96. The van der Waals surface area contributed by atoms with Gasteiger partial charge in [-0.2, -0.15) is 11.3 Å². The fourth-order valence-corrected chi connectivity index (χ4v) is 3.06. The molecule has 9 heteroatoms. The molecule has 173 valence electrons. The topological polar surface area (TPSA) is 73.5 Å². The van der Waals surface area contributed by atoms with Gasteiger partial charge in [-0.05, 0) is 30.3 Å². The minimum absolute atomic E-state index is 0. The third-order valence-electron chi connectivity index (χ3n) is 4.43. The minimum atomic E-state index is -0.683. The van der Waals surface area contributed by atoms with Gasteiger partial charge in [0.05, 0.1) is 16.9 Å². The summed E-state index contributed by atoms with van der Waals surface area (Å²) in [6.45, 7) is 0. The van der Waals surface area contributed by atoms with Crippen molar-refractivity contribution >= 4 is 11.0 Å². The monoisotopic (exact) mass is 633 g/mol. The Bertz CT molecular complexity index is 1320. The van der Waals surface area contributed by atoms with Crippen molar-refractivity contribution in [1.82, 2.24) is 29.9 Å². The van der Waals surface area contributed by atoms with Gasteiger partial charge in [0.25, 0.3) is 0 Å². The van der Waals surface area contributed by atoms with E-state index in [1.54, 1.807) is 30.9 Å². The number of para-hydroxylation sites is 3. The van der Waals surface area contributed by atoms with Crippen molar-refractivity contribution < 1.29 is 28.9 Å². The molecule has 6 rings (SSSR count). The molecule has 6 nitrogen and oxygen atoms in total. The SMILES string of the molecule is Fc1c[c-]c(-c2nc3ccccc3n2-c2ccccc2)c(F)c1.[Ir].c1cn[n-]c1.c1cn[nH]c1. The Balaban J connectivity index is 0.000000244. The van der Waals surface area contributed by atoms with Gasteiger partial charge in [-0.15, -0.1) is 12.1 Å². The summed E-state index contributed by atoms with van der Waals surface area (Å²) in [7, 11) is 0. The normalized spacial score (nSPS) is 9.82. The van der Waals surface area contributed by atoms with E-state index < -0.39 is 11.6 Å². The molecular weight excluding hydrogens is 615 g/mol. The molecule has 0 atom stereocenters. The zero-order chi connectivity index (χ0) is 22.9. The molecule has 0 bridgehead atoms. The van der Waals surface area contributed by atoms with Crippen LogP contribution in [0, 0.1) is 17.7 Å². The summed E-state index contributed by atoms with van der Waals surface area (Å²) in [5.41, 5.74) is 2.59. The summed E-state index contributed by atoms with van der Waals surface area (Å²) < 4.78 is 29.3. The maximum atomic E-state index is 14.2. The van der Waals surface area contributed by atoms with Crippen molar-refractivity contribution in [2.75, 3.05) is 0 Å². The molecular formula is C25H18F2IrN6-2. The summed E-state index contributed by atoms with van der Waals surface area (Å²) in [5, 5.41) is 13.2. The maximum absolute atomic E-state index is 14.2. The van der Waals surface area contributed by atoms with Crippen molar-refractivity contribution in [2.24, 2.45) is 0 Å². The number of aromatic amines is 1. The van der Waals surface area contributed by atoms with Gasteiger partial charge in [0.2, 0.25) is 0 Å². The van der Waals surface area contributed by atoms with E-state index in [0.29, 0.717) is 5.82 Å². The third kappa shape index (κ3) is 6.09. The smallest absolute Gasteiger partial charge is 0.0774 e. The Labute approximate surface area is 208 Å². The number of imidazole rings is 1. The van der Waals surface area contributed by atoms with Gasteiger partial charge < -0.3 is 14.8 Å². The number of fused-ring (bicyclic) bond motifs is 1. The van der Waals surface area contributed by atoms with Gasteiger partial charge >= 0.3 is 0 Å². The van der Waals surface area contributed by atoms with Gasteiger partial charge in [-0.25, -0.2) is 0 Å². The van der Waals surface area contributed by atoms with E-state index in [-0.39, 0.29) is 25.7 Å². The molecule has 0 spiro atoms. The van der Waals surface area contributed by atoms with Crippen LogP contribution in [-0.4, -0.2) is 24.8 Å². The summed E-state index contributed by atoms with van der Waals surface area (Å²) in [4.78, 5) is 4.52. The molecule has 3 aromatic heterocycles. The second kappa shape index (κ2) is 12.3. The maximum Gasteiger partial charge on any atom is 0.0774 e. The zero-order valence-electron chi connectivity index (χ0n) is 17.6. The zero-order valence-corrected chi connectivity index (χ0v) is 20.0. The van der Waals surface area contributed by atoms with Crippen LogP contribution in [0.4, 0.5) is 8.78 Å². The molecule has 3 aromatic carbocycles. The minimum Gasteiger partial charge on any atom is -0.582 e. The average Bonchev–Trinajstić information content (AvgIpc) is 3.64. The van der Waals surface area contributed by atoms with Gasteiger partial charge in [-0.1, -0.05) is 48.0 Å². The number of hydrogen-bond acceptors (Lipinski definition) is 3. The molecule has 0 unspecified atom stereocenters. The largest absolute Gasteiger partial charge is 0.582 e. The number of halogens is 2. The molecule has 1 radical (unpaired) electrons. The van der Waals surface area contributed by atoms with E-state index >= 15 is 0 Å². The first kappa shape index (κ1) is 24.7. The van der Waals surface area contributed by atoms with Crippen LogP contribution in [0.3, 0.4) is 0 Å². The fourth-order valence-electron chi connectivity index (χ4n) is 3.06. The fraction of sp³-hybridized carbons (Fsp3) is 0. The van der Waals surface area contributed by atoms with Crippen LogP contribution in [0.15, 0.2) is 104 Å². The predicted octanol–water partition coefficient (Wildman–Crippen LogP) is 5.22. The number of hydrogen-bond donors (Lipinski definition) is 1.